The van der Waals surface area contributed by atoms with E-state index in [9.17, 15) is 13.2 Å². The Kier molecular flexibility index (Phi) is 3.39. The fourth-order valence-electron chi connectivity index (χ4n) is 1.28. The van der Waals surface area contributed by atoms with Gasteiger partial charge in [0, 0.05) is 24.3 Å². The van der Waals surface area contributed by atoms with E-state index in [4.69, 9.17) is 5.11 Å². The molecule has 0 heterocycles. The Hall–Kier alpha value is -1.03. The van der Waals surface area contributed by atoms with Gasteiger partial charge in [-0.15, -0.1) is 0 Å². The van der Waals surface area contributed by atoms with E-state index in [2.05, 4.69) is 0 Å². The second-order valence-electron chi connectivity index (χ2n) is 4.35. The van der Waals surface area contributed by atoms with Gasteiger partial charge in [-0.25, -0.2) is 13.2 Å². The predicted octanol–water partition coefficient (Wildman–Crippen LogP) is 2.66. The van der Waals surface area contributed by atoms with Gasteiger partial charge in [0.2, 0.25) is 0 Å². The Balaban J connectivity index is 3.05. The van der Waals surface area contributed by atoms with E-state index in [0.29, 0.717) is 12.1 Å². The number of hydrogen-bond donors (Lipinski definition) is 1. The summed E-state index contributed by atoms with van der Waals surface area (Å²) in [6.07, 6.45) is 0.0292. The average Bonchev–Trinajstić information content (AvgIpc) is 2.11. The van der Waals surface area contributed by atoms with Gasteiger partial charge in [0.1, 0.15) is 17.5 Å². The van der Waals surface area contributed by atoms with Crippen LogP contribution in [0.5, 0.6) is 0 Å². The third-order valence-electron chi connectivity index (χ3n) is 2.19. The van der Waals surface area contributed by atoms with E-state index in [1.807, 2.05) is 0 Å². The molecule has 0 spiro atoms. The van der Waals surface area contributed by atoms with Gasteiger partial charge in [-0.05, 0) is 11.8 Å². The average molecular weight is 218 g/mol. The van der Waals surface area contributed by atoms with Crippen molar-refractivity contribution in [2.24, 2.45) is 5.41 Å². The molecule has 84 valence electrons. The zero-order valence-electron chi connectivity index (χ0n) is 8.65. The molecular formula is C11H13F3O. The molecule has 0 aliphatic carbocycles. The van der Waals surface area contributed by atoms with Gasteiger partial charge >= 0.3 is 0 Å². The minimum absolute atomic E-state index is 0.0292. The fourth-order valence-corrected chi connectivity index (χ4v) is 1.28. The largest absolute Gasteiger partial charge is 0.396 e. The zero-order chi connectivity index (χ0) is 11.6. The summed E-state index contributed by atoms with van der Waals surface area (Å²) in [6, 6.07) is 1.29. The van der Waals surface area contributed by atoms with Crippen molar-refractivity contribution in [2.75, 3.05) is 6.61 Å². The monoisotopic (exact) mass is 218 g/mol. The van der Waals surface area contributed by atoms with E-state index in [1.165, 1.54) is 0 Å². The molecule has 15 heavy (non-hydrogen) atoms. The molecule has 1 rings (SSSR count). The van der Waals surface area contributed by atoms with Crippen molar-refractivity contribution in [3.63, 3.8) is 0 Å². The number of rotatable bonds is 3. The van der Waals surface area contributed by atoms with E-state index < -0.39 is 22.9 Å². The first-order chi connectivity index (χ1) is 6.85. The lowest BCUT2D eigenvalue weighted by Gasteiger charge is -2.22. The lowest BCUT2D eigenvalue weighted by Crippen LogP contribution is -2.21. The van der Waals surface area contributed by atoms with Crippen molar-refractivity contribution in [3.8, 4) is 0 Å². The highest BCUT2D eigenvalue weighted by atomic mass is 19.1. The normalized spacial score (nSPS) is 11.9. The molecule has 0 radical (unpaired) electrons. The van der Waals surface area contributed by atoms with Gasteiger partial charge < -0.3 is 5.11 Å². The molecule has 0 aliphatic heterocycles. The van der Waals surface area contributed by atoms with Gasteiger partial charge in [-0.1, -0.05) is 13.8 Å². The molecule has 0 saturated heterocycles. The van der Waals surface area contributed by atoms with Crippen molar-refractivity contribution < 1.29 is 18.3 Å². The fraction of sp³-hybridized carbons (Fsp3) is 0.455. The summed E-state index contributed by atoms with van der Waals surface area (Å²) < 4.78 is 39.0. The molecule has 1 aromatic rings. The summed E-state index contributed by atoms with van der Waals surface area (Å²) in [5, 5.41) is 8.97. The summed E-state index contributed by atoms with van der Waals surface area (Å²) in [5.74, 6) is -2.75. The molecule has 1 nitrogen and oxygen atoms in total. The van der Waals surface area contributed by atoms with E-state index >= 15 is 0 Å². The first-order valence-corrected chi connectivity index (χ1v) is 4.60. The minimum atomic E-state index is -0.935. The third-order valence-corrected chi connectivity index (χ3v) is 2.19. The maximum absolute atomic E-state index is 13.2. The van der Waals surface area contributed by atoms with Crippen LogP contribution in [-0.4, -0.2) is 11.7 Å². The number of aliphatic hydroxyl groups is 1. The summed E-state index contributed by atoms with van der Waals surface area (Å²) in [5.41, 5.74) is -0.810. The summed E-state index contributed by atoms with van der Waals surface area (Å²) in [7, 11) is 0. The van der Waals surface area contributed by atoms with E-state index in [-0.39, 0.29) is 18.6 Å². The van der Waals surface area contributed by atoms with Crippen LogP contribution in [0, 0.1) is 22.9 Å². The van der Waals surface area contributed by atoms with Gasteiger partial charge in [0.05, 0.1) is 0 Å². The van der Waals surface area contributed by atoms with Crippen molar-refractivity contribution >= 4 is 0 Å². The van der Waals surface area contributed by atoms with Crippen molar-refractivity contribution in [2.45, 2.75) is 20.3 Å². The standard InChI is InChI=1S/C11H13F3O/c1-11(2,6-15)5-8-9(13)3-7(12)4-10(8)14/h3-4,15H,5-6H2,1-2H3. The third kappa shape index (κ3) is 2.96. The number of aliphatic hydroxyl groups excluding tert-OH is 1. The summed E-state index contributed by atoms with van der Waals surface area (Å²) in [4.78, 5) is 0. The van der Waals surface area contributed by atoms with Crippen LogP contribution >= 0.6 is 0 Å². The SMILES string of the molecule is CC(C)(CO)Cc1c(F)cc(F)cc1F. The van der Waals surface area contributed by atoms with Crippen LogP contribution in [0.3, 0.4) is 0 Å². The van der Waals surface area contributed by atoms with Crippen molar-refractivity contribution in [1.82, 2.24) is 0 Å². The Bertz CT molecular complexity index is 338. The Morgan fingerprint density at radius 2 is 1.60 bits per heavy atom. The molecule has 0 atom stereocenters. The molecule has 1 N–H and O–H groups in total. The predicted molar refractivity (Wildman–Crippen MR) is 50.9 cm³/mol. The second-order valence-corrected chi connectivity index (χ2v) is 4.35. The molecule has 0 bridgehead atoms. The van der Waals surface area contributed by atoms with Crippen molar-refractivity contribution in [1.29, 1.82) is 0 Å². The number of halogens is 3. The summed E-state index contributed by atoms with van der Waals surface area (Å²) in [6.45, 7) is 3.16. The lowest BCUT2D eigenvalue weighted by atomic mass is 9.86. The van der Waals surface area contributed by atoms with E-state index in [1.54, 1.807) is 13.8 Å². The highest BCUT2D eigenvalue weighted by molar-refractivity contribution is 5.22. The molecule has 0 aromatic heterocycles. The first kappa shape index (κ1) is 12.0. The zero-order valence-corrected chi connectivity index (χ0v) is 8.65. The maximum Gasteiger partial charge on any atom is 0.132 e. The van der Waals surface area contributed by atoms with Crippen LogP contribution in [-0.2, 0) is 6.42 Å². The van der Waals surface area contributed by atoms with Gasteiger partial charge in [0.15, 0.2) is 0 Å². The maximum atomic E-state index is 13.2. The lowest BCUT2D eigenvalue weighted by molar-refractivity contribution is 0.157. The molecule has 0 amide bonds. The molecule has 0 fully saturated rings. The quantitative estimate of drug-likeness (QED) is 0.826. The van der Waals surface area contributed by atoms with Crippen LogP contribution in [0.2, 0.25) is 0 Å². The number of hydrogen-bond acceptors (Lipinski definition) is 1. The van der Waals surface area contributed by atoms with Crippen LogP contribution in [0.4, 0.5) is 13.2 Å². The molecular weight excluding hydrogens is 205 g/mol. The summed E-state index contributed by atoms with van der Waals surface area (Å²) >= 11 is 0. The Labute approximate surface area is 86.5 Å². The minimum Gasteiger partial charge on any atom is -0.396 e. The molecule has 0 saturated carbocycles. The highest BCUT2D eigenvalue weighted by Gasteiger charge is 2.22. The Morgan fingerprint density at radius 1 is 1.13 bits per heavy atom. The Morgan fingerprint density at radius 3 is 2.00 bits per heavy atom. The van der Waals surface area contributed by atoms with Crippen LogP contribution < -0.4 is 0 Å². The first-order valence-electron chi connectivity index (χ1n) is 4.60. The molecule has 0 unspecified atom stereocenters. The van der Waals surface area contributed by atoms with Gasteiger partial charge in [0.25, 0.3) is 0 Å². The smallest absolute Gasteiger partial charge is 0.132 e. The molecule has 4 heteroatoms. The topological polar surface area (TPSA) is 20.2 Å². The van der Waals surface area contributed by atoms with Crippen molar-refractivity contribution in [3.05, 3.63) is 35.1 Å². The highest BCUT2D eigenvalue weighted by Crippen LogP contribution is 2.25. The van der Waals surface area contributed by atoms with Crippen LogP contribution in [0.15, 0.2) is 12.1 Å². The molecule has 1 aromatic carbocycles. The number of benzene rings is 1. The second kappa shape index (κ2) is 4.23. The van der Waals surface area contributed by atoms with Gasteiger partial charge in [-0.2, -0.15) is 0 Å². The molecule has 0 aliphatic rings. The van der Waals surface area contributed by atoms with Crippen LogP contribution in [0.1, 0.15) is 19.4 Å². The van der Waals surface area contributed by atoms with Crippen LogP contribution in [0.25, 0.3) is 0 Å². The van der Waals surface area contributed by atoms with E-state index in [0.717, 1.165) is 0 Å². The van der Waals surface area contributed by atoms with Gasteiger partial charge in [-0.3, -0.25) is 0 Å².